The van der Waals surface area contributed by atoms with Gasteiger partial charge in [-0.05, 0) is 46.6 Å². The molecule has 1 atom stereocenters. The first-order valence-electron chi connectivity index (χ1n) is 8.28. The minimum absolute atomic E-state index is 0.189. The molecule has 23 heavy (non-hydrogen) atoms. The van der Waals surface area contributed by atoms with Gasteiger partial charge in [-0.25, -0.2) is 0 Å². The monoisotopic (exact) mass is 331 g/mol. The van der Waals surface area contributed by atoms with Gasteiger partial charge in [-0.1, -0.05) is 17.3 Å². The standard InChI is InChI=1S/C17H24BO4Si/c1-16(2)17(3,4)22-18(21-16)13-11-12(23)8-9-14(13)20-15-7-5-6-10-19-15/h8-9,11,15H,5-7,10H2,1-4H3. The first-order chi connectivity index (χ1) is 10.8. The first kappa shape index (κ1) is 17.0. The van der Waals surface area contributed by atoms with Gasteiger partial charge in [-0.15, -0.1) is 0 Å². The lowest BCUT2D eigenvalue weighted by Gasteiger charge is -2.32. The van der Waals surface area contributed by atoms with Gasteiger partial charge >= 0.3 is 7.12 Å². The van der Waals surface area contributed by atoms with E-state index >= 15 is 0 Å². The summed E-state index contributed by atoms with van der Waals surface area (Å²) in [6, 6.07) is 5.90. The van der Waals surface area contributed by atoms with Crippen LogP contribution in [0, 0.1) is 0 Å². The van der Waals surface area contributed by atoms with E-state index < -0.39 is 7.12 Å². The van der Waals surface area contributed by atoms with Gasteiger partial charge in [-0.2, -0.15) is 0 Å². The third kappa shape index (κ3) is 3.50. The zero-order valence-corrected chi connectivity index (χ0v) is 15.3. The third-order valence-corrected chi connectivity index (χ3v) is 5.22. The maximum absolute atomic E-state index is 6.17. The molecule has 3 radical (unpaired) electrons. The summed E-state index contributed by atoms with van der Waals surface area (Å²) >= 11 is 0. The Labute approximate surface area is 142 Å². The highest BCUT2D eigenvalue weighted by Gasteiger charge is 2.52. The first-order valence-corrected chi connectivity index (χ1v) is 8.78. The third-order valence-electron chi connectivity index (χ3n) is 4.91. The summed E-state index contributed by atoms with van der Waals surface area (Å²) in [5.74, 6) is 0.761. The highest BCUT2D eigenvalue weighted by Crippen LogP contribution is 2.37. The van der Waals surface area contributed by atoms with Crippen molar-refractivity contribution in [1.29, 1.82) is 0 Å². The highest BCUT2D eigenvalue weighted by molar-refractivity contribution is 6.63. The largest absolute Gasteiger partial charge is 0.498 e. The molecule has 0 aromatic heterocycles. The van der Waals surface area contributed by atoms with Crippen molar-refractivity contribution < 1.29 is 18.8 Å². The van der Waals surface area contributed by atoms with Gasteiger partial charge in [0, 0.05) is 11.9 Å². The summed E-state index contributed by atoms with van der Waals surface area (Å²) in [5, 5.41) is 0.964. The van der Waals surface area contributed by atoms with Gasteiger partial charge in [0.05, 0.1) is 28.1 Å². The normalized spacial score (nSPS) is 26.3. The number of ether oxygens (including phenoxy) is 2. The summed E-state index contributed by atoms with van der Waals surface area (Å²) in [6.45, 7) is 8.96. The molecule has 1 unspecified atom stereocenters. The number of hydrogen-bond acceptors (Lipinski definition) is 4. The minimum atomic E-state index is -0.449. The van der Waals surface area contributed by atoms with E-state index in [9.17, 15) is 0 Å². The smallest absolute Gasteiger partial charge is 0.465 e. The van der Waals surface area contributed by atoms with Crippen molar-refractivity contribution >= 4 is 28.0 Å². The molecule has 0 saturated carbocycles. The molecular weight excluding hydrogens is 307 g/mol. The molecule has 0 spiro atoms. The molecule has 1 aromatic carbocycles. The maximum Gasteiger partial charge on any atom is 0.498 e. The van der Waals surface area contributed by atoms with Crippen LogP contribution in [0.15, 0.2) is 18.2 Å². The van der Waals surface area contributed by atoms with Gasteiger partial charge in [-0.3, -0.25) is 0 Å². The van der Waals surface area contributed by atoms with Crippen LogP contribution in [0.1, 0.15) is 47.0 Å². The van der Waals surface area contributed by atoms with E-state index in [1.807, 2.05) is 18.2 Å². The van der Waals surface area contributed by atoms with Crippen LogP contribution in [0.5, 0.6) is 5.75 Å². The SMILES string of the molecule is CC1(C)OB(c2cc([Si])ccc2OC2CCCCO2)OC1(C)C. The van der Waals surface area contributed by atoms with E-state index in [4.69, 9.17) is 18.8 Å². The minimum Gasteiger partial charge on any atom is -0.465 e. The molecule has 3 rings (SSSR count). The molecule has 4 nitrogen and oxygen atoms in total. The van der Waals surface area contributed by atoms with Gasteiger partial charge in [0.15, 0.2) is 6.29 Å². The van der Waals surface area contributed by atoms with Crippen LogP contribution >= 0.6 is 0 Å². The molecule has 2 aliphatic heterocycles. The molecule has 6 heteroatoms. The van der Waals surface area contributed by atoms with E-state index in [2.05, 4.69) is 37.9 Å². The molecule has 0 N–H and O–H groups in total. The fourth-order valence-corrected chi connectivity index (χ4v) is 2.99. The second kappa shape index (κ2) is 6.24. The van der Waals surface area contributed by atoms with Crippen LogP contribution < -0.4 is 15.4 Å². The lowest BCUT2D eigenvalue weighted by atomic mass is 9.78. The Bertz CT molecular complexity index is 554. The quantitative estimate of drug-likeness (QED) is 0.790. The van der Waals surface area contributed by atoms with E-state index in [1.54, 1.807) is 0 Å². The lowest BCUT2D eigenvalue weighted by Crippen LogP contribution is -2.41. The highest BCUT2D eigenvalue weighted by atomic mass is 28.1. The van der Waals surface area contributed by atoms with Crippen molar-refractivity contribution in [2.75, 3.05) is 6.61 Å². The Balaban J connectivity index is 1.85. The molecule has 123 valence electrons. The van der Waals surface area contributed by atoms with E-state index in [1.165, 1.54) is 0 Å². The number of benzene rings is 1. The topological polar surface area (TPSA) is 36.9 Å². The Hall–Kier alpha value is -0.818. The molecule has 1 aromatic rings. The van der Waals surface area contributed by atoms with E-state index in [-0.39, 0.29) is 17.5 Å². The van der Waals surface area contributed by atoms with Crippen LogP contribution in [-0.2, 0) is 14.0 Å². The lowest BCUT2D eigenvalue weighted by molar-refractivity contribution is -0.105. The van der Waals surface area contributed by atoms with Crippen LogP contribution in [0.2, 0.25) is 0 Å². The summed E-state index contributed by atoms with van der Waals surface area (Å²) in [6.07, 6.45) is 2.96. The maximum atomic E-state index is 6.17. The van der Waals surface area contributed by atoms with Gasteiger partial charge in [0.25, 0.3) is 0 Å². The zero-order chi connectivity index (χ0) is 16.7. The average molecular weight is 331 g/mol. The van der Waals surface area contributed by atoms with Crippen LogP contribution in [-0.4, -0.2) is 41.5 Å². The van der Waals surface area contributed by atoms with Crippen molar-refractivity contribution in [3.8, 4) is 5.75 Å². The van der Waals surface area contributed by atoms with E-state index in [0.29, 0.717) is 0 Å². The van der Waals surface area contributed by atoms with Crippen LogP contribution in [0.3, 0.4) is 0 Å². The van der Waals surface area contributed by atoms with Crippen molar-refractivity contribution in [2.45, 2.75) is 64.4 Å². The molecule has 2 saturated heterocycles. The second-order valence-corrected chi connectivity index (χ2v) is 7.83. The number of hydrogen-bond donors (Lipinski definition) is 0. The Morgan fingerprint density at radius 1 is 1.13 bits per heavy atom. The average Bonchev–Trinajstić information content (AvgIpc) is 2.70. The Kier molecular flexibility index (Phi) is 4.62. The molecule has 2 aliphatic rings. The zero-order valence-electron chi connectivity index (χ0n) is 14.3. The molecule has 0 aliphatic carbocycles. The van der Waals surface area contributed by atoms with E-state index in [0.717, 1.165) is 42.3 Å². The van der Waals surface area contributed by atoms with Crippen LogP contribution in [0.25, 0.3) is 0 Å². The van der Waals surface area contributed by atoms with Crippen molar-refractivity contribution in [3.63, 3.8) is 0 Å². The second-order valence-electron chi connectivity index (χ2n) is 7.25. The summed E-state index contributed by atoms with van der Waals surface area (Å²) < 4.78 is 24.1. The molecular formula is C17H24BO4Si. The van der Waals surface area contributed by atoms with Gasteiger partial charge < -0.3 is 18.8 Å². The molecule has 2 fully saturated rings. The summed E-state index contributed by atoms with van der Waals surface area (Å²) in [5.41, 5.74) is 0.140. The summed E-state index contributed by atoms with van der Waals surface area (Å²) in [4.78, 5) is 0. The predicted molar refractivity (Wildman–Crippen MR) is 91.8 cm³/mol. The number of rotatable bonds is 3. The Morgan fingerprint density at radius 3 is 2.43 bits per heavy atom. The fourth-order valence-electron chi connectivity index (χ4n) is 2.76. The summed E-state index contributed by atoms with van der Waals surface area (Å²) in [7, 11) is 3.13. The van der Waals surface area contributed by atoms with Crippen LogP contribution in [0.4, 0.5) is 0 Å². The van der Waals surface area contributed by atoms with Crippen molar-refractivity contribution in [2.24, 2.45) is 0 Å². The molecule has 0 amide bonds. The Morgan fingerprint density at radius 2 is 1.83 bits per heavy atom. The molecule has 2 heterocycles. The van der Waals surface area contributed by atoms with Gasteiger partial charge in [0.2, 0.25) is 0 Å². The van der Waals surface area contributed by atoms with Gasteiger partial charge in [0.1, 0.15) is 5.75 Å². The predicted octanol–water partition coefficient (Wildman–Crippen LogP) is 1.68. The fraction of sp³-hybridized carbons (Fsp3) is 0.647. The van der Waals surface area contributed by atoms with Crippen molar-refractivity contribution in [3.05, 3.63) is 18.2 Å². The van der Waals surface area contributed by atoms with Crippen molar-refractivity contribution in [1.82, 2.24) is 0 Å². The molecule has 0 bridgehead atoms.